The van der Waals surface area contributed by atoms with Crippen LogP contribution in [0.3, 0.4) is 0 Å². The van der Waals surface area contributed by atoms with E-state index in [9.17, 15) is 22.0 Å². The molecule has 0 radical (unpaired) electrons. The first-order valence-electron chi connectivity index (χ1n) is 10.7. The molecule has 1 amide bonds. The first-order chi connectivity index (χ1) is 16.2. The summed E-state index contributed by atoms with van der Waals surface area (Å²) in [4.78, 5) is 19.0. The molecule has 2 aliphatic heterocycles. The molecule has 2 aliphatic rings. The molecule has 182 valence electrons. The molecule has 0 spiro atoms. The number of sulfonamides is 1. The summed E-state index contributed by atoms with van der Waals surface area (Å²) in [6.07, 6.45) is 1.91. The van der Waals surface area contributed by atoms with Gasteiger partial charge in [-0.3, -0.25) is 4.79 Å². The second-order valence-electron chi connectivity index (χ2n) is 8.19. The number of carbonyl (C=O) groups excluding carboxylic acids is 1. The van der Waals surface area contributed by atoms with Gasteiger partial charge in [-0.2, -0.15) is 9.29 Å². The molecule has 2 saturated heterocycles. The predicted octanol–water partition coefficient (Wildman–Crippen LogP) is 4.51. The minimum absolute atomic E-state index is 0.0728. The minimum Gasteiger partial charge on any atom is -0.467 e. The van der Waals surface area contributed by atoms with E-state index in [0.717, 1.165) is 28.7 Å². The van der Waals surface area contributed by atoms with E-state index in [2.05, 4.69) is 4.98 Å². The van der Waals surface area contributed by atoms with Gasteiger partial charge in [-0.25, -0.2) is 17.2 Å². The van der Waals surface area contributed by atoms with E-state index in [1.54, 1.807) is 4.90 Å². The number of thiazole rings is 1. The fraction of sp³-hybridized carbons (Fsp3) is 0.429. The van der Waals surface area contributed by atoms with Gasteiger partial charge in [0.05, 0.1) is 9.04 Å². The van der Waals surface area contributed by atoms with Crippen molar-refractivity contribution in [3.8, 4) is 5.19 Å². The Kier molecular flexibility index (Phi) is 6.53. The van der Waals surface area contributed by atoms with Gasteiger partial charge < -0.3 is 9.64 Å². The molecule has 2 fully saturated rings. The zero-order valence-corrected chi connectivity index (χ0v) is 21.0. The predicted molar refractivity (Wildman–Crippen MR) is 126 cm³/mol. The van der Waals surface area contributed by atoms with Crippen LogP contribution in [0.15, 0.2) is 28.5 Å². The Hall–Kier alpha value is -1.86. The van der Waals surface area contributed by atoms with Crippen molar-refractivity contribution in [3.63, 3.8) is 0 Å². The number of halogens is 3. The first kappa shape index (κ1) is 23.9. The largest absolute Gasteiger partial charge is 0.467 e. The summed E-state index contributed by atoms with van der Waals surface area (Å²) < 4.78 is 61.5. The number of aromatic nitrogens is 1. The monoisotopic (exact) mass is 547 g/mol. The number of likely N-dealkylation sites (tertiary alicyclic amines) is 1. The Morgan fingerprint density at radius 2 is 1.88 bits per heavy atom. The lowest BCUT2D eigenvalue weighted by atomic mass is 10.1. The number of thiophene rings is 1. The lowest BCUT2D eigenvalue weighted by Crippen LogP contribution is -2.50. The maximum absolute atomic E-state index is 13.9. The van der Waals surface area contributed by atoms with Crippen molar-refractivity contribution >= 4 is 60.4 Å². The van der Waals surface area contributed by atoms with Crippen molar-refractivity contribution in [1.82, 2.24) is 14.2 Å². The molecular weight excluding hydrogens is 528 g/mol. The number of amides is 1. The minimum atomic E-state index is -3.79. The summed E-state index contributed by atoms with van der Waals surface area (Å²) in [5.74, 6) is -1.61. The van der Waals surface area contributed by atoms with Crippen LogP contribution < -0.4 is 4.74 Å². The fourth-order valence-corrected chi connectivity index (χ4v) is 8.54. The molecule has 0 saturated carbocycles. The maximum Gasteiger partial charge on any atom is 0.274 e. The van der Waals surface area contributed by atoms with Crippen LogP contribution in [0.2, 0.25) is 4.34 Å². The Morgan fingerprint density at radius 1 is 1.12 bits per heavy atom. The molecule has 0 N–H and O–H groups in total. The standard InChI is InChI=1S/C21H20ClF2N3O4S3/c22-17-3-4-18(33-17)34(29,30)27-7-1-2-15(27)20(28)26-8-5-13(6-9-26)31-21-25-19-14(24)10-12(23)11-16(19)32-21/h3-4,10-11,13,15H,1-2,5-9H2. The second kappa shape index (κ2) is 9.30. The summed E-state index contributed by atoms with van der Waals surface area (Å²) in [6, 6.07) is 4.27. The number of rotatable bonds is 5. The molecular formula is C21H20ClF2N3O4S3. The summed E-state index contributed by atoms with van der Waals surface area (Å²) in [5.41, 5.74) is 0.0728. The molecule has 1 aromatic carbocycles. The highest BCUT2D eigenvalue weighted by atomic mass is 35.5. The van der Waals surface area contributed by atoms with Crippen molar-refractivity contribution in [1.29, 1.82) is 0 Å². The van der Waals surface area contributed by atoms with Crippen LogP contribution in [0.25, 0.3) is 10.2 Å². The molecule has 7 nitrogen and oxygen atoms in total. The third-order valence-electron chi connectivity index (χ3n) is 6.01. The number of nitrogens with zero attached hydrogens (tertiary/aromatic N) is 3. The quantitative estimate of drug-likeness (QED) is 0.469. The average Bonchev–Trinajstić information content (AvgIpc) is 3.53. The van der Waals surface area contributed by atoms with E-state index in [4.69, 9.17) is 16.3 Å². The van der Waals surface area contributed by atoms with Gasteiger partial charge in [0.25, 0.3) is 15.2 Å². The SMILES string of the molecule is O=C(C1CCCN1S(=O)(=O)c1ccc(Cl)s1)N1CCC(Oc2nc3c(F)cc(F)cc3s2)CC1. The maximum atomic E-state index is 13.9. The average molecular weight is 548 g/mol. The zero-order chi connectivity index (χ0) is 24.0. The van der Waals surface area contributed by atoms with Crippen molar-refractivity contribution in [2.24, 2.45) is 0 Å². The van der Waals surface area contributed by atoms with Crippen molar-refractivity contribution < 1.29 is 26.7 Å². The van der Waals surface area contributed by atoms with Gasteiger partial charge in [0.15, 0.2) is 5.82 Å². The van der Waals surface area contributed by atoms with Crippen molar-refractivity contribution in [3.05, 3.63) is 40.2 Å². The Bertz CT molecular complexity index is 1340. The van der Waals surface area contributed by atoms with Gasteiger partial charge in [-0.15, -0.1) is 11.3 Å². The van der Waals surface area contributed by atoms with E-state index in [1.165, 1.54) is 22.5 Å². The lowest BCUT2D eigenvalue weighted by molar-refractivity contribution is -0.136. The number of carbonyl (C=O) groups is 1. The molecule has 3 aromatic rings. The summed E-state index contributed by atoms with van der Waals surface area (Å²) in [7, 11) is -3.79. The molecule has 5 rings (SSSR count). The Morgan fingerprint density at radius 3 is 2.59 bits per heavy atom. The van der Waals surface area contributed by atoms with Crippen LogP contribution in [-0.2, 0) is 14.8 Å². The fourth-order valence-electron chi connectivity index (χ4n) is 4.36. The molecule has 2 aromatic heterocycles. The van der Waals surface area contributed by atoms with Gasteiger partial charge in [-0.1, -0.05) is 22.9 Å². The van der Waals surface area contributed by atoms with Gasteiger partial charge in [0.1, 0.15) is 27.7 Å². The smallest absolute Gasteiger partial charge is 0.274 e. The van der Waals surface area contributed by atoms with E-state index in [1.807, 2.05) is 0 Å². The van der Waals surface area contributed by atoms with Crippen LogP contribution in [0, 0.1) is 11.6 Å². The Labute approximate surface area is 207 Å². The number of piperidine rings is 1. The highest BCUT2D eigenvalue weighted by Crippen LogP contribution is 2.34. The summed E-state index contributed by atoms with van der Waals surface area (Å²) in [6.45, 7) is 1.11. The van der Waals surface area contributed by atoms with Gasteiger partial charge >= 0.3 is 0 Å². The highest BCUT2D eigenvalue weighted by molar-refractivity contribution is 7.91. The van der Waals surface area contributed by atoms with Crippen molar-refractivity contribution in [2.45, 2.75) is 42.0 Å². The number of ether oxygens (including phenoxy) is 1. The first-order valence-corrected chi connectivity index (χ1v) is 14.2. The van der Waals surface area contributed by atoms with Crippen LogP contribution >= 0.6 is 34.3 Å². The topological polar surface area (TPSA) is 79.8 Å². The van der Waals surface area contributed by atoms with E-state index in [-0.39, 0.29) is 26.9 Å². The van der Waals surface area contributed by atoms with E-state index in [0.29, 0.717) is 54.4 Å². The second-order valence-corrected chi connectivity index (χ2v) is 13.0. The van der Waals surface area contributed by atoms with E-state index >= 15 is 0 Å². The molecule has 4 heterocycles. The number of benzene rings is 1. The molecule has 1 atom stereocenters. The number of hydrogen-bond acceptors (Lipinski definition) is 7. The third-order valence-corrected chi connectivity index (χ3v) is 10.5. The van der Waals surface area contributed by atoms with Crippen molar-refractivity contribution in [2.75, 3.05) is 19.6 Å². The molecule has 34 heavy (non-hydrogen) atoms. The van der Waals surface area contributed by atoms with Crippen LogP contribution in [0.4, 0.5) is 8.78 Å². The van der Waals surface area contributed by atoms with Gasteiger partial charge in [-0.05, 0) is 31.0 Å². The Balaban J connectivity index is 1.22. The van der Waals surface area contributed by atoms with Crippen LogP contribution in [0.5, 0.6) is 5.19 Å². The molecule has 0 aliphatic carbocycles. The number of fused-ring (bicyclic) bond motifs is 1. The molecule has 13 heteroatoms. The summed E-state index contributed by atoms with van der Waals surface area (Å²) in [5, 5.41) is 0.256. The highest BCUT2D eigenvalue weighted by Gasteiger charge is 2.42. The lowest BCUT2D eigenvalue weighted by Gasteiger charge is -2.34. The van der Waals surface area contributed by atoms with Crippen LogP contribution in [0.1, 0.15) is 25.7 Å². The molecule has 1 unspecified atom stereocenters. The molecule has 0 bridgehead atoms. The number of hydrogen-bond donors (Lipinski definition) is 0. The summed E-state index contributed by atoms with van der Waals surface area (Å²) >= 11 is 7.97. The van der Waals surface area contributed by atoms with Crippen LogP contribution in [-0.4, -0.2) is 60.3 Å². The van der Waals surface area contributed by atoms with E-state index < -0.39 is 27.7 Å². The normalized spacial score (nSPS) is 20.3. The third kappa shape index (κ3) is 4.53. The zero-order valence-electron chi connectivity index (χ0n) is 17.7. The van der Waals surface area contributed by atoms with Gasteiger partial charge in [0.2, 0.25) is 5.91 Å². The van der Waals surface area contributed by atoms with Gasteiger partial charge in [0, 0.05) is 38.5 Å².